The number of nitrogens with one attached hydrogen (secondary N) is 1. The number of ether oxygens (including phenoxy) is 1. The Balaban J connectivity index is 1.94. The number of aromatic nitrogens is 2. The van der Waals surface area contributed by atoms with Crippen LogP contribution in [0.5, 0.6) is 0 Å². The molecular formula is C16H22FN3O. The molecule has 0 bridgehead atoms. The number of benzene rings is 1. The molecule has 1 N–H and O–H groups in total. The molecule has 1 heterocycles. The van der Waals surface area contributed by atoms with Crippen LogP contribution in [0.2, 0.25) is 0 Å². The lowest BCUT2D eigenvalue weighted by molar-refractivity contribution is 0.197. The molecule has 0 aliphatic heterocycles. The van der Waals surface area contributed by atoms with Gasteiger partial charge in [0, 0.05) is 38.7 Å². The summed E-state index contributed by atoms with van der Waals surface area (Å²) in [5, 5.41) is 3.32. The van der Waals surface area contributed by atoms with E-state index in [1.807, 2.05) is 18.3 Å². The Morgan fingerprint density at radius 2 is 2.10 bits per heavy atom. The second-order valence-corrected chi connectivity index (χ2v) is 5.11. The van der Waals surface area contributed by atoms with Crippen LogP contribution in [0, 0.1) is 5.82 Å². The maximum Gasteiger partial charge on any atom is 0.203 e. The largest absolute Gasteiger partial charge is 0.385 e. The Hall–Kier alpha value is -1.88. The summed E-state index contributed by atoms with van der Waals surface area (Å²) in [5.74, 6) is 0.662. The molecule has 0 aliphatic rings. The first-order chi connectivity index (χ1) is 10.2. The van der Waals surface area contributed by atoms with Crippen molar-refractivity contribution in [1.29, 1.82) is 0 Å². The average molecular weight is 291 g/mol. The van der Waals surface area contributed by atoms with E-state index in [4.69, 9.17) is 4.74 Å². The van der Waals surface area contributed by atoms with Gasteiger partial charge in [-0.2, -0.15) is 0 Å². The van der Waals surface area contributed by atoms with Gasteiger partial charge in [0.25, 0.3) is 0 Å². The van der Waals surface area contributed by atoms with E-state index in [0.29, 0.717) is 0 Å². The Morgan fingerprint density at radius 1 is 1.33 bits per heavy atom. The van der Waals surface area contributed by atoms with Gasteiger partial charge in [-0.3, -0.25) is 0 Å². The average Bonchev–Trinajstić information content (AvgIpc) is 2.94. The molecule has 0 amide bonds. The molecule has 114 valence electrons. The predicted octanol–water partition coefficient (Wildman–Crippen LogP) is 3.27. The minimum atomic E-state index is -0.200. The van der Waals surface area contributed by atoms with Crippen LogP contribution >= 0.6 is 0 Å². The van der Waals surface area contributed by atoms with Crippen molar-refractivity contribution in [2.75, 3.05) is 25.6 Å². The molecule has 0 fully saturated rings. The molecule has 21 heavy (non-hydrogen) atoms. The maximum absolute atomic E-state index is 12.9. The van der Waals surface area contributed by atoms with Crippen molar-refractivity contribution in [2.45, 2.75) is 25.8 Å². The standard InChI is InChI=1S/C16H22FN3O/c1-13(12-14-4-6-15(17)7-5-14)20-10-9-19-16(20)18-8-3-11-21-2/h4-7,9-10,13H,3,8,11-12H2,1-2H3,(H,18,19). The molecule has 5 heteroatoms. The van der Waals surface area contributed by atoms with E-state index >= 15 is 0 Å². The minimum Gasteiger partial charge on any atom is -0.385 e. The van der Waals surface area contributed by atoms with Gasteiger partial charge in [-0.25, -0.2) is 9.37 Å². The Morgan fingerprint density at radius 3 is 2.81 bits per heavy atom. The molecule has 0 spiro atoms. The molecule has 1 atom stereocenters. The van der Waals surface area contributed by atoms with E-state index in [-0.39, 0.29) is 11.9 Å². The fourth-order valence-corrected chi connectivity index (χ4v) is 2.28. The second kappa shape index (κ2) is 7.78. The first-order valence-corrected chi connectivity index (χ1v) is 7.21. The normalized spacial score (nSPS) is 12.3. The predicted molar refractivity (Wildman–Crippen MR) is 82.0 cm³/mol. The number of rotatable bonds is 8. The van der Waals surface area contributed by atoms with E-state index in [9.17, 15) is 4.39 Å². The molecule has 2 aromatic rings. The van der Waals surface area contributed by atoms with Crippen molar-refractivity contribution in [3.05, 3.63) is 48.0 Å². The van der Waals surface area contributed by atoms with Crippen LogP contribution in [-0.2, 0) is 11.2 Å². The van der Waals surface area contributed by atoms with Crippen LogP contribution in [0.15, 0.2) is 36.7 Å². The zero-order valence-corrected chi connectivity index (χ0v) is 12.6. The van der Waals surface area contributed by atoms with E-state index in [1.54, 1.807) is 13.3 Å². The van der Waals surface area contributed by atoms with Gasteiger partial charge >= 0.3 is 0 Å². The molecule has 0 radical (unpaired) electrons. The summed E-state index contributed by atoms with van der Waals surface area (Å²) in [6.07, 6.45) is 5.53. The van der Waals surface area contributed by atoms with Gasteiger partial charge in [-0.1, -0.05) is 12.1 Å². The van der Waals surface area contributed by atoms with E-state index in [1.165, 1.54) is 12.1 Å². The Labute approximate surface area is 125 Å². The summed E-state index contributed by atoms with van der Waals surface area (Å²) in [7, 11) is 1.70. The Kier molecular flexibility index (Phi) is 5.75. The molecule has 0 saturated carbocycles. The van der Waals surface area contributed by atoms with Gasteiger partial charge in [0.15, 0.2) is 0 Å². The number of nitrogens with zero attached hydrogens (tertiary/aromatic N) is 2. The third-order valence-electron chi connectivity index (χ3n) is 3.40. The number of hydrogen-bond acceptors (Lipinski definition) is 3. The highest BCUT2D eigenvalue weighted by molar-refractivity contribution is 5.27. The number of imidazole rings is 1. The first kappa shape index (κ1) is 15.5. The van der Waals surface area contributed by atoms with Gasteiger partial charge < -0.3 is 14.6 Å². The lowest BCUT2D eigenvalue weighted by atomic mass is 10.1. The number of methoxy groups -OCH3 is 1. The monoisotopic (exact) mass is 291 g/mol. The maximum atomic E-state index is 12.9. The van der Waals surface area contributed by atoms with Crippen molar-refractivity contribution in [1.82, 2.24) is 9.55 Å². The smallest absolute Gasteiger partial charge is 0.203 e. The van der Waals surface area contributed by atoms with Crippen LogP contribution in [0.25, 0.3) is 0 Å². The van der Waals surface area contributed by atoms with Crippen molar-refractivity contribution in [3.8, 4) is 0 Å². The summed E-state index contributed by atoms with van der Waals surface area (Å²) in [6, 6.07) is 6.91. The zero-order valence-electron chi connectivity index (χ0n) is 12.6. The highest BCUT2D eigenvalue weighted by Gasteiger charge is 2.10. The summed E-state index contributed by atoms with van der Waals surface area (Å²) < 4.78 is 20.1. The van der Waals surface area contributed by atoms with Crippen LogP contribution < -0.4 is 5.32 Å². The number of halogens is 1. The molecular weight excluding hydrogens is 269 g/mol. The van der Waals surface area contributed by atoms with E-state index in [0.717, 1.165) is 37.5 Å². The number of hydrogen-bond donors (Lipinski definition) is 1. The molecule has 0 saturated heterocycles. The third kappa shape index (κ3) is 4.56. The van der Waals surface area contributed by atoms with Crippen molar-refractivity contribution >= 4 is 5.95 Å². The molecule has 0 aliphatic carbocycles. The minimum absolute atomic E-state index is 0.200. The summed E-state index contributed by atoms with van der Waals surface area (Å²) in [4.78, 5) is 4.34. The molecule has 1 unspecified atom stereocenters. The Bertz CT molecular complexity index is 539. The van der Waals surface area contributed by atoms with Gasteiger partial charge in [0.2, 0.25) is 5.95 Å². The summed E-state index contributed by atoms with van der Waals surface area (Å²) in [5.41, 5.74) is 1.11. The van der Waals surface area contributed by atoms with Crippen LogP contribution in [-0.4, -0.2) is 29.8 Å². The lowest BCUT2D eigenvalue weighted by Crippen LogP contribution is -2.14. The van der Waals surface area contributed by atoms with Crippen molar-refractivity contribution in [3.63, 3.8) is 0 Å². The van der Waals surface area contributed by atoms with E-state index in [2.05, 4.69) is 21.8 Å². The molecule has 1 aromatic carbocycles. The first-order valence-electron chi connectivity index (χ1n) is 7.21. The second-order valence-electron chi connectivity index (χ2n) is 5.11. The fourth-order valence-electron chi connectivity index (χ4n) is 2.28. The SMILES string of the molecule is COCCCNc1nccn1C(C)Cc1ccc(F)cc1. The summed E-state index contributed by atoms with van der Waals surface area (Å²) in [6.45, 7) is 3.69. The van der Waals surface area contributed by atoms with Gasteiger partial charge in [-0.05, 0) is 37.5 Å². The number of anilines is 1. The zero-order chi connectivity index (χ0) is 15.1. The van der Waals surface area contributed by atoms with Crippen LogP contribution in [0.4, 0.5) is 10.3 Å². The molecule has 4 nitrogen and oxygen atoms in total. The van der Waals surface area contributed by atoms with Gasteiger partial charge in [0.1, 0.15) is 5.82 Å². The van der Waals surface area contributed by atoms with E-state index < -0.39 is 0 Å². The van der Waals surface area contributed by atoms with Gasteiger partial charge in [-0.15, -0.1) is 0 Å². The summed E-state index contributed by atoms with van der Waals surface area (Å²) >= 11 is 0. The highest BCUT2D eigenvalue weighted by atomic mass is 19.1. The molecule has 2 rings (SSSR count). The lowest BCUT2D eigenvalue weighted by Gasteiger charge is -2.17. The van der Waals surface area contributed by atoms with Crippen LogP contribution in [0.3, 0.4) is 0 Å². The fraction of sp³-hybridized carbons (Fsp3) is 0.438. The topological polar surface area (TPSA) is 39.1 Å². The highest BCUT2D eigenvalue weighted by Crippen LogP contribution is 2.18. The quantitative estimate of drug-likeness (QED) is 0.759. The van der Waals surface area contributed by atoms with Crippen LogP contribution in [0.1, 0.15) is 24.9 Å². The molecule has 1 aromatic heterocycles. The van der Waals surface area contributed by atoms with Crippen molar-refractivity contribution < 1.29 is 9.13 Å². The van der Waals surface area contributed by atoms with Gasteiger partial charge in [0.05, 0.1) is 0 Å². The third-order valence-corrected chi connectivity index (χ3v) is 3.40. The van der Waals surface area contributed by atoms with Crippen molar-refractivity contribution in [2.24, 2.45) is 0 Å².